The van der Waals surface area contributed by atoms with Gasteiger partial charge in [0.05, 0.1) is 6.54 Å². The number of carboxylic acid groups (broad SMARTS) is 1. The lowest BCUT2D eigenvalue weighted by atomic mass is 10.2. The third-order valence-corrected chi connectivity index (χ3v) is 3.50. The number of carbonyl (C=O) groups is 2. The highest BCUT2D eigenvalue weighted by molar-refractivity contribution is 5.76. The highest BCUT2D eigenvalue weighted by Gasteiger charge is 2.23. The molecule has 0 radical (unpaired) electrons. The maximum Gasteiger partial charge on any atom is 0.303 e. The van der Waals surface area contributed by atoms with Crippen molar-refractivity contribution >= 4 is 11.9 Å². The van der Waals surface area contributed by atoms with Crippen molar-refractivity contribution in [3.05, 3.63) is 24.3 Å². The van der Waals surface area contributed by atoms with Crippen LogP contribution in [0, 0.1) is 0 Å². The summed E-state index contributed by atoms with van der Waals surface area (Å²) in [4.78, 5) is 24.0. The Morgan fingerprint density at radius 3 is 2.64 bits per heavy atom. The fraction of sp³-hybridized carbons (Fsp3) is 0.500. The van der Waals surface area contributed by atoms with Crippen molar-refractivity contribution in [1.29, 1.82) is 0 Å². The fourth-order valence-electron chi connectivity index (χ4n) is 2.30. The van der Waals surface area contributed by atoms with Gasteiger partial charge in [-0.3, -0.25) is 9.59 Å². The number of fused-ring (bicyclic) bond motifs is 1. The van der Waals surface area contributed by atoms with Gasteiger partial charge in [-0.2, -0.15) is 0 Å². The van der Waals surface area contributed by atoms with Gasteiger partial charge >= 0.3 is 5.97 Å². The minimum atomic E-state index is -0.827. The van der Waals surface area contributed by atoms with Gasteiger partial charge in [0.25, 0.3) is 0 Å². The molecule has 0 saturated carbocycles. The first-order chi connectivity index (χ1) is 10.6. The average molecular weight is 307 g/mol. The van der Waals surface area contributed by atoms with Crippen LogP contribution in [0.3, 0.4) is 0 Å². The van der Waals surface area contributed by atoms with Crippen molar-refractivity contribution in [1.82, 2.24) is 4.90 Å². The smallest absolute Gasteiger partial charge is 0.303 e. The molecule has 120 valence electrons. The molecule has 22 heavy (non-hydrogen) atoms. The highest BCUT2D eigenvalue weighted by Crippen LogP contribution is 2.30. The van der Waals surface area contributed by atoms with Crippen molar-refractivity contribution in [2.45, 2.75) is 31.8 Å². The molecule has 0 aliphatic carbocycles. The molecule has 1 amide bonds. The average Bonchev–Trinajstić information content (AvgIpc) is 2.51. The van der Waals surface area contributed by atoms with E-state index in [0.717, 1.165) is 5.75 Å². The summed E-state index contributed by atoms with van der Waals surface area (Å²) < 4.78 is 11.4. The van der Waals surface area contributed by atoms with Crippen LogP contribution in [0.1, 0.15) is 25.7 Å². The lowest BCUT2D eigenvalue weighted by Gasteiger charge is -2.29. The summed E-state index contributed by atoms with van der Waals surface area (Å²) in [7, 11) is 1.73. The molecule has 1 aromatic rings. The van der Waals surface area contributed by atoms with Gasteiger partial charge in [0, 0.05) is 19.9 Å². The summed E-state index contributed by atoms with van der Waals surface area (Å²) in [6, 6.07) is 7.45. The van der Waals surface area contributed by atoms with Crippen LogP contribution >= 0.6 is 0 Å². The number of para-hydroxylation sites is 2. The zero-order chi connectivity index (χ0) is 15.9. The summed E-state index contributed by atoms with van der Waals surface area (Å²) in [5.41, 5.74) is 0. The summed E-state index contributed by atoms with van der Waals surface area (Å²) in [6.45, 7) is 0.861. The SMILES string of the molecule is CN(CC1COc2ccccc2O1)C(=O)CCCCC(=O)O. The Labute approximate surface area is 129 Å². The van der Waals surface area contributed by atoms with E-state index in [1.165, 1.54) is 0 Å². The monoisotopic (exact) mass is 307 g/mol. The normalized spacial score (nSPS) is 16.1. The quantitative estimate of drug-likeness (QED) is 0.779. The molecule has 0 spiro atoms. The third kappa shape index (κ3) is 4.65. The highest BCUT2D eigenvalue weighted by atomic mass is 16.6. The van der Waals surface area contributed by atoms with Crippen LogP contribution in [0.4, 0.5) is 0 Å². The number of carboxylic acids is 1. The number of nitrogens with zero attached hydrogens (tertiary/aromatic N) is 1. The zero-order valence-corrected chi connectivity index (χ0v) is 12.7. The molecular formula is C16H21NO5. The summed E-state index contributed by atoms with van der Waals surface area (Å²) in [6.07, 6.45) is 1.37. The Hall–Kier alpha value is -2.24. The first-order valence-electron chi connectivity index (χ1n) is 7.40. The summed E-state index contributed by atoms with van der Waals surface area (Å²) in [5, 5.41) is 8.56. The van der Waals surface area contributed by atoms with Crippen LogP contribution in [0.5, 0.6) is 11.5 Å². The second kappa shape index (κ2) is 7.68. The van der Waals surface area contributed by atoms with E-state index in [0.29, 0.717) is 38.2 Å². The lowest BCUT2D eigenvalue weighted by molar-refractivity contribution is -0.137. The molecule has 0 saturated heterocycles. The number of hydrogen-bond acceptors (Lipinski definition) is 4. The van der Waals surface area contributed by atoms with E-state index in [1.54, 1.807) is 11.9 Å². The van der Waals surface area contributed by atoms with Gasteiger partial charge in [-0.25, -0.2) is 0 Å². The summed E-state index contributed by atoms with van der Waals surface area (Å²) >= 11 is 0. The van der Waals surface area contributed by atoms with Gasteiger partial charge in [-0.1, -0.05) is 12.1 Å². The van der Waals surface area contributed by atoms with E-state index < -0.39 is 5.97 Å². The van der Waals surface area contributed by atoms with E-state index in [9.17, 15) is 9.59 Å². The first-order valence-corrected chi connectivity index (χ1v) is 7.40. The molecule has 1 aliphatic rings. The van der Waals surface area contributed by atoms with Gasteiger partial charge in [0.15, 0.2) is 17.6 Å². The zero-order valence-electron chi connectivity index (χ0n) is 12.7. The Morgan fingerprint density at radius 2 is 1.91 bits per heavy atom. The lowest BCUT2D eigenvalue weighted by Crippen LogP contribution is -2.41. The number of hydrogen-bond donors (Lipinski definition) is 1. The molecule has 1 aromatic carbocycles. The molecule has 0 fully saturated rings. The number of carbonyl (C=O) groups excluding carboxylic acids is 1. The Kier molecular flexibility index (Phi) is 5.63. The van der Waals surface area contributed by atoms with E-state index in [2.05, 4.69) is 0 Å². The first kappa shape index (κ1) is 16.1. The predicted molar refractivity (Wildman–Crippen MR) is 80.1 cm³/mol. The molecule has 2 rings (SSSR count). The molecule has 1 aliphatic heterocycles. The maximum atomic E-state index is 12.0. The topological polar surface area (TPSA) is 76.1 Å². The molecule has 6 nitrogen and oxygen atoms in total. The van der Waals surface area contributed by atoms with Crippen LogP contribution < -0.4 is 9.47 Å². The third-order valence-electron chi connectivity index (χ3n) is 3.50. The molecule has 6 heteroatoms. The van der Waals surface area contributed by atoms with Gasteiger partial charge in [0.1, 0.15) is 6.61 Å². The van der Waals surface area contributed by atoms with E-state index in [-0.39, 0.29) is 18.4 Å². The van der Waals surface area contributed by atoms with Crippen LogP contribution in [0.2, 0.25) is 0 Å². The summed E-state index contributed by atoms with van der Waals surface area (Å²) in [5.74, 6) is 0.586. The number of aliphatic carboxylic acids is 1. The molecule has 0 aromatic heterocycles. The predicted octanol–water partition coefficient (Wildman–Crippen LogP) is 1.93. The minimum absolute atomic E-state index is 0.00662. The Bertz CT molecular complexity index is 531. The van der Waals surface area contributed by atoms with Crippen LogP contribution in [-0.4, -0.2) is 48.2 Å². The van der Waals surface area contributed by atoms with Gasteiger partial charge < -0.3 is 19.5 Å². The van der Waals surface area contributed by atoms with E-state index >= 15 is 0 Å². The van der Waals surface area contributed by atoms with Crippen molar-refractivity contribution in [3.8, 4) is 11.5 Å². The van der Waals surface area contributed by atoms with E-state index in [1.807, 2.05) is 24.3 Å². The molecular weight excluding hydrogens is 286 g/mol. The van der Waals surface area contributed by atoms with Gasteiger partial charge in [-0.05, 0) is 25.0 Å². The number of rotatable bonds is 7. The van der Waals surface area contributed by atoms with Crippen molar-refractivity contribution < 1.29 is 24.2 Å². The molecule has 1 unspecified atom stereocenters. The largest absolute Gasteiger partial charge is 0.486 e. The van der Waals surface area contributed by atoms with Crippen molar-refractivity contribution in [2.75, 3.05) is 20.2 Å². The number of likely N-dealkylation sites (N-methyl/N-ethyl adjacent to an activating group) is 1. The Balaban J connectivity index is 1.74. The molecule has 0 bridgehead atoms. The van der Waals surface area contributed by atoms with Crippen LogP contribution in [0.15, 0.2) is 24.3 Å². The second-order valence-electron chi connectivity index (χ2n) is 5.37. The van der Waals surface area contributed by atoms with Crippen molar-refractivity contribution in [2.24, 2.45) is 0 Å². The minimum Gasteiger partial charge on any atom is -0.486 e. The maximum absolute atomic E-state index is 12.0. The van der Waals surface area contributed by atoms with Crippen LogP contribution in [0.25, 0.3) is 0 Å². The fourth-order valence-corrected chi connectivity index (χ4v) is 2.30. The standard InChI is InChI=1S/C16H21NO5/c1-17(15(18)8-4-5-9-16(19)20)10-12-11-21-13-6-2-3-7-14(13)22-12/h2-3,6-7,12H,4-5,8-11H2,1H3,(H,19,20). The van der Waals surface area contributed by atoms with Gasteiger partial charge in [-0.15, -0.1) is 0 Å². The number of unbranched alkanes of at least 4 members (excludes halogenated alkanes) is 1. The number of ether oxygens (including phenoxy) is 2. The molecule has 1 atom stereocenters. The van der Waals surface area contributed by atoms with Crippen LogP contribution in [-0.2, 0) is 9.59 Å². The number of amides is 1. The Morgan fingerprint density at radius 1 is 1.23 bits per heavy atom. The van der Waals surface area contributed by atoms with Gasteiger partial charge in [0.2, 0.25) is 5.91 Å². The molecule has 1 N–H and O–H groups in total. The second-order valence-corrected chi connectivity index (χ2v) is 5.37. The number of benzene rings is 1. The van der Waals surface area contributed by atoms with E-state index in [4.69, 9.17) is 14.6 Å². The molecule has 1 heterocycles. The van der Waals surface area contributed by atoms with Crippen molar-refractivity contribution in [3.63, 3.8) is 0 Å².